The maximum atomic E-state index is 9.76. The van der Waals surface area contributed by atoms with E-state index in [1.165, 1.54) is 5.56 Å². The van der Waals surface area contributed by atoms with Gasteiger partial charge in [-0.2, -0.15) is 5.26 Å². The van der Waals surface area contributed by atoms with Gasteiger partial charge in [0.2, 0.25) is 0 Å². The Labute approximate surface area is 125 Å². The average Bonchev–Trinajstić information content (AvgIpc) is 2.54. The van der Waals surface area contributed by atoms with E-state index in [4.69, 9.17) is 0 Å². The molecule has 102 valence electrons. The van der Waals surface area contributed by atoms with Crippen LogP contribution >= 0.6 is 11.8 Å². The Morgan fingerprint density at radius 3 is 2.10 bits per heavy atom. The zero-order valence-corrected chi connectivity index (χ0v) is 12.6. The Balaban J connectivity index is 2.33. The van der Waals surface area contributed by atoms with Gasteiger partial charge in [0.15, 0.2) is 4.87 Å². The lowest BCUT2D eigenvalue weighted by Crippen LogP contribution is -2.44. The molecule has 0 heterocycles. The number of thioether (sulfide) groups is 1. The first-order chi connectivity index (χ1) is 9.72. The molecule has 0 N–H and O–H groups in total. The van der Waals surface area contributed by atoms with Gasteiger partial charge in [-0.3, -0.25) is 0 Å². The molecule has 0 aliphatic carbocycles. The Bertz CT molecular complexity index is 577. The Morgan fingerprint density at radius 2 is 1.60 bits per heavy atom. The molecule has 0 bridgehead atoms. The highest BCUT2D eigenvalue weighted by atomic mass is 32.2. The second-order valence-electron chi connectivity index (χ2n) is 4.66. The van der Waals surface area contributed by atoms with Gasteiger partial charge in [-0.15, -0.1) is 11.8 Å². The molecule has 0 saturated carbocycles. The van der Waals surface area contributed by atoms with E-state index in [0.717, 1.165) is 5.69 Å². The van der Waals surface area contributed by atoms with Crippen molar-refractivity contribution in [2.24, 2.45) is 0 Å². The lowest BCUT2D eigenvalue weighted by Gasteiger charge is -2.36. The van der Waals surface area contributed by atoms with E-state index in [1.807, 2.05) is 61.8 Å². The number of hydrogen-bond acceptors (Lipinski definition) is 3. The fourth-order valence-electron chi connectivity index (χ4n) is 2.22. The highest BCUT2D eigenvalue weighted by Gasteiger charge is 2.34. The van der Waals surface area contributed by atoms with Crippen molar-refractivity contribution in [3.8, 4) is 6.07 Å². The Kier molecular flexibility index (Phi) is 4.70. The van der Waals surface area contributed by atoms with Crippen LogP contribution in [0, 0.1) is 11.3 Å². The Hall–Kier alpha value is -1.92. The Morgan fingerprint density at radius 1 is 1.05 bits per heavy atom. The largest absolute Gasteiger partial charge is 0.348 e. The summed E-state index contributed by atoms with van der Waals surface area (Å²) in [7, 11) is 1.98. The molecule has 0 aliphatic rings. The van der Waals surface area contributed by atoms with Crippen LogP contribution in [0.15, 0.2) is 60.7 Å². The van der Waals surface area contributed by atoms with Crippen LogP contribution in [0.1, 0.15) is 5.56 Å². The predicted octanol–water partition coefficient (Wildman–Crippen LogP) is 3.95. The number of likely N-dealkylation sites (N-methyl/N-ethyl adjacent to an activating group) is 1. The van der Waals surface area contributed by atoms with E-state index in [1.54, 1.807) is 11.8 Å². The fourth-order valence-corrected chi connectivity index (χ4v) is 3.00. The summed E-state index contributed by atoms with van der Waals surface area (Å²) < 4.78 is 0. The fraction of sp³-hybridized carbons (Fsp3) is 0.235. The van der Waals surface area contributed by atoms with Crippen LogP contribution in [0.5, 0.6) is 0 Å². The van der Waals surface area contributed by atoms with E-state index in [2.05, 4.69) is 23.1 Å². The first-order valence-electron chi connectivity index (χ1n) is 6.51. The van der Waals surface area contributed by atoms with Crippen molar-refractivity contribution in [3.63, 3.8) is 0 Å². The molecule has 1 unspecified atom stereocenters. The van der Waals surface area contributed by atoms with Crippen molar-refractivity contribution < 1.29 is 0 Å². The molecule has 2 aromatic rings. The molecule has 0 fully saturated rings. The topological polar surface area (TPSA) is 27.0 Å². The van der Waals surface area contributed by atoms with Crippen LogP contribution in [-0.4, -0.2) is 18.2 Å². The van der Waals surface area contributed by atoms with Gasteiger partial charge < -0.3 is 4.90 Å². The van der Waals surface area contributed by atoms with Crippen molar-refractivity contribution >= 4 is 17.4 Å². The van der Waals surface area contributed by atoms with Crippen LogP contribution < -0.4 is 4.90 Å². The molecule has 2 nitrogen and oxygen atoms in total. The van der Waals surface area contributed by atoms with Gasteiger partial charge in [0.25, 0.3) is 0 Å². The number of hydrogen-bond donors (Lipinski definition) is 0. The summed E-state index contributed by atoms with van der Waals surface area (Å²) >= 11 is 1.58. The minimum atomic E-state index is -0.595. The summed E-state index contributed by atoms with van der Waals surface area (Å²) in [6.07, 6.45) is 2.68. The van der Waals surface area contributed by atoms with Crippen LogP contribution in [-0.2, 0) is 6.42 Å². The zero-order chi connectivity index (χ0) is 14.4. The number of rotatable bonds is 5. The van der Waals surface area contributed by atoms with E-state index < -0.39 is 4.87 Å². The first-order valence-corrected chi connectivity index (χ1v) is 7.73. The van der Waals surface area contributed by atoms with Gasteiger partial charge >= 0.3 is 0 Å². The molecular weight excluding hydrogens is 264 g/mol. The molecule has 0 saturated heterocycles. The molecule has 0 amide bonds. The van der Waals surface area contributed by atoms with Crippen molar-refractivity contribution in [2.45, 2.75) is 11.3 Å². The van der Waals surface area contributed by atoms with Crippen molar-refractivity contribution in [1.29, 1.82) is 5.26 Å². The van der Waals surface area contributed by atoms with E-state index in [9.17, 15) is 5.26 Å². The summed E-state index contributed by atoms with van der Waals surface area (Å²) in [6.45, 7) is 0. The summed E-state index contributed by atoms with van der Waals surface area (Å²) in [4.78, 5) is 1.47. The third-order valence-electron chi connectivity index (χ3n) is 3.48. The molecule has 0 aromatic heterocycles. The molecule has 1 atom stereocenters. The standard InChI is InChI=1S/C17H18N2S/c1-19(16-11-7-4-8-12-16)17(14-18,20-2)13-15-9-5-3-6-10-15/h3-12H,13H2,1-2H3. The number of nitrogens with zero attached hydrogens (tertiary/aromatic N) is 2. The van der Waals surface area contributed by atoms with Gasteiger partial charge in [-0.25, -0.2) is 0 Å². The number of benzene rings is 2. The number of nitriles is 1. The lowest BCUT2D eigenvalue weighted by molar-refractivity contribution is 0.700. The van der Waals surface area contributed by atoms with E-state index in [0.29, 0.717) is 6.42 Å². The molecular formula is C17H18N2S. The molecule has 0 spiro atoms. The number of para-hydroxylation sites is 1. The summed E-state index contributed by atoms with van der Waals surface area (Å²) in [6, 6.07) is 22.7. The summed E-state index contributed by atoms with van der Waals surface area (Å²) in [5.74, 6) is 0. The minimum absolute atomic E-state index is 0.595. The average molecular weight is 282 g/mol. The third kappa shape index (κ3) is 2.97. The van der Waals surface area contributed by atoms with Crippen molar-refractivity contribution in [2.75, 3.05) is 18.2 Å². The lowest BCUT2D eigenvalue weighted by atomic mass is 10.0. The molecule has 0 radical (unpaired) electrons. The highest BCUT2D eigenvalue weighted by Crippen LogP contribution is 2.33. The van der Waals surface area contributed by atoms with Gasteiger partial charge in [0.05, 0.1) is 0 Å². The quantitative estimate of drug-likeness (QED) is 0.777. The molecule has 2 rings (SSSR count). The highest BCUT2D eigenvalue weighted by molar-refractivity contribution is 8.00. The minimum Gasteiger partial charge on any atom is -0.348 e. The maximum absolute atomic E-state index is 9.76. The van der Waals surface area contributed by atoms with Crippen molar-refractivity contribution in [1.82, 2.24) is 0 Å². The van der Waals surface area contributed by atoms with Crippen molar-refractivity contribution in [3.05, 3.63) is 66.2 Å². The van der Waals surface area contributed by atoms with Gasteiger partial charge in [0.1, 0.15) is 6.07 Å². The van der Waals surface area contributed by atoms with Crippen LogP contribution in [0.4, 0.5) is 5.69 Å². The van der Waals surface area contributed by atoms with E-state index in [-0.39, 0.29) is 0 Å². The monoisotopic (exact) mass is 282 g/mol. The smallest absolute Gasteiger partial charge is 0.178 e. The van der Waals surface area contributed by atoms with Gasteiger partial charge in [-0.1, -0.05) is 48.5 Å². The normalized spacial score (nSPS) is 13.2. The third-order valence-corrected chi connectivity index (χ3v) is 4.67. The van der Waals surface area contributed by atoms with Gasteiger partial charge in [0, 0.05) is 19.2 Å². The zero-order valence-electron chi connectivity index (χ0n) is 11.8. The second kappa shape index (κ2) is 6.49. The molecule has 20 heavy (non-hydrogen) atoms. The van der Waals surface area contributed by atoms with Gasteiger partial charge in [-0.05, 0) is 24.0 Å². The van der Waals surface area contributed by atoms with Crippen LogP contribution in [0.3, 0.4) is 0 Å². The molecule has 0 aliphatic heterocycles. The second-order valence-corrected chi connectivity index (χ2v) is 5.74. The SMILES string of the molecule is CSC(C#N)(Cc1ccccc1)N(C)c1ccccc1. The van der Waals surface area contributed by atoms with Crippen LogP contribution in [0.25, 0.3) is 0 Å². The molecule has 3 heteroatoms. The maximum Gasteiger partial charge on any atom is 0.178 e. The predicted molar refractivity (Wildman–Crippen MR) is 86.9 cm³/mol. The number of anilines is 1. The first kappa shape index (κ1) is 14.5. The summed E-state index contributed by atoms with van der Waals surface area (Å²) in [5, 5.41) is 9.76. The van der Waals surface area contributed by atoms with Crippen LogP contribution in [0.2, 0.25) is 0 Å². The van der Waals surface area contributed by atoms with E-state index >= 15 is 0 Å². The summed E-state index contributed by atoms with van der Waals surface area (Å²) in [5.41, 5.74) is 2.23. The molecule has 2 aromatic carbocycles.